The summed E-state index contributed by atoms with van der Waals surface area (Å²) in [7, 11) is 0. The van der Waals surface area contributed by atoms with Gasteiger partial charge in [-0.3, -0.25) is 0 Å². The van der Waals surface area contributed by atoms with Crippen molar-refractivity contribution < 1.29 is 10.4 Å². The van der Waals surface area contributed by atoms with E-state index in [9.17, 15) is 5.21 Å². The summed E-state index contributed by atoms with van der Waals surface area (Å²) in [4.78, 5) is 2.97. The summed E-state index contributed by atoms with van der Waals surface area (Å²) < 4.78 is 0. The van der Waals surface area contributed by atoms with E-state index in [2.05, 4.69) is 11.6 Å². The van der Waals surface area contributed by atoms with Gasteiger partial charge >= 0.3 is 0 Å². The Morgan fingerprint density at radius 2 is 2.43 bits per heavy atom. The van der Waals surface area contributed by atoms with E-state index >= 15 is 0 Å². The van der Waals surface area contributed by atoms with Crippen LogP contribution in [0.3, 0.4) is 0 Å². The van der Waals surface area contributed by atoms with Crippen LogP contribution in [-0.4, -0.2) is 10.2 Å². The Kier molecular flexibility index (Phi) is 3.08. The summed E-state index contributed by atoms with van der Waals surface area (Å²) in [5.41, 5.74) is 6.16. The van der Waals surface area contributed by atoms with Crippen LogP contribution in [0.1, 0.15) is 5.69 Å². The second-order valence-corrected chi connectivity index (χ2v) is 2.96. The standard InChI is InChI=1S/C9H13N3O2/c1-6-3-8(7(2)11-6)4-9(5-10)12(13)14/h3-5,11-13H,2,10H2,1H3/b8-4-,9-5+. The first-order chi connectivity index (χ1) is 6.54. The Morgan fingerprint density at radius 1 is 1.79 bits per heavy atom. The summed E-state index contributed by atoms with van der Waals surface area (Å²) in [5, 5.41) is 19.7. The Hall–Kier alpha value is -1.56. The molecule has 0 amide bonds. The fraction of sp³-hybridized carbons (Fsp3) is 0.111. The van der Waals surface area contributed by atoms with E-state index in [1.165, 1.54) is 6.08 Å². The summed E-state index contributed by atoms with van der Waals surface area (Å²) >= 11 is 0. The number of quaternary nitrogens is 1. The summed E-state index contributed by atoms with van der Waals surface area (Å²) in [6.45, 7) is 5.61. The minimum Gasteiger partial charge on any atom is -0.595 e. The van der Waals surface area contributed by atoms with Crippen molar-refractivity contribution in [2.24, 2.45) is 5.73 Å². The van der Waals surface area contributed by atoms with Crippen LogP contribution in [0.2, 0.25) is 0 Å². The smallest absolute Gasteiger partial charge is 0.180 e. The molecule has 0 saturated carbocycles. The number of H-pyrrole nitrogens is 1. The topological polar surface area (TPSA) is 89.5 Å². The van der Waals surface area contributed by atoms with E-state index in [1.807, 2.05) is 13.0 Å². The molecule has 0 aliphatic carbocycles. The molecule has 0 aliphatic rings. The average Bonchev–Trinajstić information content (AvgIpc) is 2.40. The molecule has 5 nitrogen and oxygen atoms in total. The molecule has 1 rings (SSSR count). The zero-order valence-corrected chi connectivity index (χ0v) is 7.87. The zero-order chi connectivity index (χ0) is 10.7. The quantitative estimate of drug-likeness (QED) is 0.415. The lowest BCUT2D eigenvalue weighted by Gasteiger charge is -2.10. The molecule has 0 aliphatic heterocycles. The summed E-state index contributed by atoms with van der Waals surface area (Å²) in [6, 6.07) is 1.81. The van der Waals surface area contributed by atoms with E-state index in [0.717, 1.165) is 17.1 Å². The second kappa shape index (κ2) is 4.10. The van der Waals surface area contributed by atoms with Gasteiger partial charge in [-0.2, -0.15) is 5.23 Å². The number of allylic oxidation sites excluding steroid dienone is 1. The van der Waals surface area contributed by atoms with Gasteiger partial charge < -0.3 is 15.9 Å². The van der Waals surface area contributed by atoms with Crippen LogP contribution in [0.25, 0.3) is 12.7 Å². The van der Waals surface area contributed by atoms with Crippen LogP contribution in [0.4, 0.5) is 0 Å². The van der Waals surface area contributed by atoms with Crippen LogP contribution in [0.15, 0.2) is 18.0 Å². The van der Waals surface area contributed by atoms with Gasteiger partial charge in [0.15, 0.2) is 5.70 Å². The van der Waals surface area contributed by atoms with Crippen molar-refractivity contribution in [3.63, 3.8) is 0 Å². The minimum absolute atomic E-state index is 0.0499. The first-order valence-corrected chi connectivity index (χ1v) is 4.06. The highest BCUT2D eigenvalue weighted by Gasteiger charge is 1.99. The van der Waals surface area contributed by atoms with Crippen LogP contribution in [-0.2, 0) is 0 Å². The molecule has 0 radical (unpaired) electrons. The maximum Gasteiger partial charge on any atom is 0.180 e. The van der Waals surface area contributed by atoms with Crippen molar-refractivity contribution in [2.45, 2.75) is 6.92 Å². The third-order valence-corrected chi connectivity index (χ3v) is 1.81. The molecule has 1 heterocycles. The maximum atomic E-state index is 10.6. The fourth-order valence-electron chi connectivity index (χ4n) is 1.14. The molecule has 1 aromatic rings. The van der Waals surface area contributed by atoms with Crippen molar-refractivity contribution in [3.8, 4) is 0 Å². The van der Waals surface area contributed by atoms with Crippen molar-refractivity contribution in [1.29, 1.82) is 0 Å². The Balaban J connectivity index is 3.22. The first kappa shape index (κ1) is 10.5. The van der Waals surface area contributed by atoms with Crippen LogP contribution in [0.5, 0.6) is 0 Å². The molecule has 14 heavy (non-hydrogen) atoms. The lowest BCUT2D eigenvalue weighted by atomic mass is 10.3. The first-order valence-electron chi connectivity index (χ1n) is 4.06. The average molecular weight is 195 g/mol. The number of hydrogen-bond acceptors (Lipinski definition) is 3. The Labute approximate surface area is 81.0 Å². The summed E-state index contributed by atoms with van der Waals surface area (Å²) in [5.74, 6) is 0. The molecule has 0 aromatic carbocycles. The molecule has 5 N–H and O–H groups in total. The molecule has 5 heteroatoms. The normalized spacial score (nSPS) is 15.9. The molecule has 1 atom stereocenters. The number of aromatic nitrogens is 1. The van der Waals surface area contributed by atoms with Crippen molar-refractivity contribution in [2.75, 3.05) is 0 Å². The van der Waals surface area contributed by atoms with E-state index in [4.69, 9.17) is 10.9 Å². The molecule has 0 fully saturated rings. The van der Waals surface area contributed by atoms with Gasteiger partial charge in [-0.25, -0.2) is 5.21 Å². The molecule has 76 valence electrons. The molecule has 0 saturated heterocycles. The highest BCUT2D eigenvalue weighted by atomic mass is 16.8. The van der Waals surface area contributed by atoms with Gasteiger partial charge in [0, 0.05) is 22.3 Å². The number of nitrogens with two attached hydrogens (primary N) is 1. The maximum absolute atomic E-state index is 10.6. The van der Waals surface area contributed by atoms with Gasteiger partial charge in [0.2, 0.25) is 0 Å². The summed E-state index contributed by atoms with van der Waals surface area (Å²) in [6.07, 6.45) is 2.54. The van der Waals surface area contributed by atoms with Gasteiger partial charge in [0.25, 0.3) is 0 Å². The molecular formula is C9H13N3O2. The Bertz CT molecular complexity index is 445. The third-order valence-electron chi connectivity index (χ3n) is 1.81. The molecule has 0 spiro atoms. The molecular weight excluding hydrogens is 182 g/mol. The number of aryl methyl sites for hydroxylation is 1. The van der Waals surface area contributed by atoms with Gasteiger partial charge in [0.05, 0.1) is 6.20 Å². The van der Waals surface area contributed by atoms with Crippen LogP contribution in [0, 0.1) is 12.1 Å². The lowest BCUT2D eigenvalue weighted by molar-refractivity contribution is -1.01. The molecule has 1 aromatic heterocycles. The predicted octanol–water partition coefficient (Wildman–Crippen LogP) is -1.91. The van der Waals surface area contributed by atoms with E-state index in [1.54, 1.807) is 0 Å². The van der Waals surface area contributed by atoms with Crippen molar-refractivity contribution >= 4 is 12.7 Å². The second-order valence-electron chi connectivity index (χ2n) is 2.96. The van der Waals surface area contributed by atoms with E-state index < -0.39 is 5.23 Å². The van der Waals surface area contributed by atoms with Gasteiger partial charge in [-0.1, -0.05) is 6.58 Å². The highest BCUT2D eigenvalue weighted by Crippen LogP contribution is 1.83. The number of hydrogen-bond donors (Lipinski definition) is 4. The van der Waals surface area contributed by atoms with Crippen LogP contribution >= 0.6 is 0 Å². The SMILES string of the molecule is C=c1[nH]c(C)c/c1=C/C(=C\N)[NH+]([O-])O. The largest absolute Gasteiger partial charge is 0.595 e. The van der Waals surface area contributed by atoms with Crippen molar-refractivity contribution in [3.05, 3.63) is 39.4 Å². The molecule has 1 unspecified atom stereocenters. The van der Waals surface area contributed by atoms with Crippen molar-refractivity contribution in [1.82, 2.24) is 4.98 Å². The van der Waals surface area contributed by atoms with Gasteiger partial charge in [-0.15, -0.1) is 0 Å². The number of nitrogens with one attached hydrogen (secondary N) is 2. The third kappa shape index (κ3) is 2.23. The highest BCUT2D eigenvalue weighted by molar-refractivity contribution is 5.41. The number of aromatic amines is 1. The fourth-order valence-corrected chi connectivity index (χ4v) is 1.14. The number of hydroxylamine groups is 2. The minimum atomic E-state index is -1.05. The predicted molar refractivity (Wildman–Crippen MR) is 53.2 cm³/mol. The van der Waals surface area contributed by atoms with E-state index in [-0.39, 0.29) is 5.70 Å². The van der Waals surface area contributed by atoms with Gasteiger partial charge in [-0.05, 0) is 13.0 Å². The van der Waals surface area contributed by atoms with Crippen LogP contribution < -0.4 is 21.5 Å². The van der Waals surface area contributed by atoms with E-state index in [0.29, 0.717) is 5.35 Å². The Morgan fingerprint density at radius 3 is 2.79 bits per heavy atom. The zero-order valence-electron chi connectivity index (χ0n) is 7.87. The lowest BCUT2D eigenvalue weighted by Crippen LogP contribution is -3.02. The van der Waals surface area contributed by atoms with Gasteiger partial charge in [0.1, 0.15) is 0 Å². The molecule has 0 bridgehead atoms. The number of rotatable bonds is 2. The monoisotopic (exact) mass is 195 g/mol.